The molecule has 2 rings (SSSR count). The maximum atomic E-state index is 12.1. The third-order valence-electron chi connectivity index (χ3n) is 2.87. The molecule has 3 N–H and O–H groups in total. The van der Waals surface area contributed by atoms with E-state index in [4.69, 9.17) is 10.5 Å². The molecule has 0 spiro atoms. The molecule has 0 aromatic carbocycles. The summed E-state index contributed by atoms with van der Waals surface area (Å²) in [5.41, 5.74) is 6.73. The number of ether oxygens (including phenoxy) is 1. The normalized spacial score (nSPS) is 14.8. The minimum absolute atomic E-state index is 0.215. The van der Waals surface area contributed by atoms with Gasteiger partial charge in [0.1, 0.15) is 5.00 Å². The van der Waals surface area contributed by atoms with Crippen LogP contribution in [0.4, 0.5) is 10.7 Å². The zero-order valence-corrected chi connectivity index (χ0v) is 12.2. The van der Waals surface area contributed by atoms with Crippen molar-refractivity contribution in [3.63, 3.8) is 0 Å². The van der Waals surface area contributed by atoms with Crippen LogP contribution < -0.4 is 11.1 Å². The summed E-state index contributed by atoms with van der Waals surface area (Å²) >= 11 is 3.06. The first kappa shape index (κ1) is 13.7. The summed E-state index contributed by atoms with van der Waals surface area (Å²) in [6.45, 7) is 1.36. The Balaban J connectivity index is 2.17. The molecule has 0 aliphatic heterocycles. The van der Waals surface area contributed by atoms with Crippen LogP contribution in [0.15, 0.2) is 4.90 Å². The molecule has 18 heavy (non-hydrogen) atoms. The molecule has 0 saturated heterocycles. The Hall–Kier alpha value is -0.720. The lowest BCUT2D eigenvalue weighted by Crippen LogP contribution is -2.06. The Kier molecular flexibility index (Phi) is 4.53. The molecule has 0 radical (unpaired) electrons. The van der Waals surface area contributed by atoms with Crippen molar-refractivity contribution in [2.75, 3.05) is 37.6 Å². The lowest BCUT2D eigenvalue weighted by atomic mass is 10.2. The van der Waals surface area contributed by atoms with Gasteiger partial charge in [-0.25, -0.2) is 0 Å². The lowest BCUT2D eigenvalue weighted by molar-refractivity contribution is 0.0972. The zero-order chi connectivity index (χ0) is 13.1. The van der Waals surface area contributed by atoms with Gasteiger partial charge in [-0.2, -0.15) is 0 Å². The van der Waals surface area contributed by atoms with Gasteiger partial charge in [0.2, 0.25) is 0 Å². The maximum absolute atomic E-state index is 12.1. The van der Waals surface area contributed by atoms with E-state index in [1.807, 2.05) is 6.26 Å². The van der Waals surface area contributed by atoms with E-state index < -0.39 is 0 Å². The monoisotopic (exact) mass is 286 g/mol. The van der Waals surface area contributed by atoms with Gasteiger partial charge in [-0.05, 0) is 19.1 Å². The van der Waals surface area contributed by atoms with Gasteiger partial charge < -0.3 is 15.8 Å². The molecule has 1 aliphatic rings. The summed E-state index contributed by atoms with van der Waals surface area (Å²) in [6.07, 6.45) is 4.00. The Morgan fingerprint density at radius 1 is 1.61 bits per heavy atom. The van der Waals surface area contributed by atoms with E-state index in [1.165, 1.54) is 11.3 Å². The van der Waals surface area contributed by atoms with Crippen LogP contribution in [0.2, 0.25) is 0 Å². The molecule has 0 unspecified atom stereocenters. The third-order valence-corrected chi connectivity index (χ3v) is 5.01. The van der Waals surface area contributed by atoms with E-state index in [0.717, 1.165) is 34.2 Å². The van der Waals surface area contributed by atoms with Crippen LogP contribution in [0, 0.1) is 5.92 Å². The maximum Gasteiger partial charge on any atom is 0.178 e. The second kappa shape index (κ2) is 5.95. The van der Waals surface area contributed by atoms with E-state index in [0.29, 0.717) is 12.3 Å². The lowest BCUT2D eigenvalue weighted by Gasteiger charge is -2.04. The summed E-state index contributed by atoms with van der Waals surface area (Å²) in [5.74, 6) is 0.431. The Labute approximate surface area is 115 Å². The van der Waals surface area contributed by atoms with Crippen LogP contribution in [0.3, 0.4) is 0 Å². The van der Waals surface area contributed by atoms with Crippen molar-refractivity contribution in [1.29, 1.82) is 0 Å². The Bertz CT molecular complexity index is 442. The minimum atomic E-state index is 0.215. The highest BCUT2D eigenvalue weighted by Gasteiger charge is 2.33. The van der Waals surface area contributed by atoms with Crippen LogP contribution in [-0.4, -0.2) is 32.3 Å². The van der Waals surface area contributed by atoms with Crippen molar-refractivity contribution in [3.8, 4) is 0 Å². The molecule has 1 fully saturated rings. The van der Waals surface area contributed by atoms with Crippen LogP contribution in [-0.2, 0) is 4.74 Å². The van der Waals surface area contributed by atoms with E-state index in [2.05, 4.69) is 5.32 Å². The third kappa shape index (κ3) is 2.81. The van der Waals surface area contributed by atoms with Gasteiger partial charge in [0, 0.05) is 19.6 Å². The quantitative estimate of drug-likeness (QED) is 0.458. The fourth-order valence-electron chi connectivity index (χ4n) is 1.73. The van der Waals surface area contributed by atoms with Crippen molar-refractivity contribution < 1.29 is 9.53 Å². The summed E-state index contributed by atoms with van der Waals surface area (Å²) in [7, 11) is 1.67. The number of nitrogen functional groups attached to an aromatic ring is 1. The summed E-state index contributed by atoms with van der Waals surface area (Å²) in [4.78, 5) is 13.8. The Morgan fingerprint density at radius 3 is 2.89 bits per heavy atom. The molecule has 1 aromatic rings. The van der Waals surface area contributed by atoms with E-state index in [-0.39, 0.29) is 11.7 Å². The molecule has 0 amide bonds. The second-order valence-electron chi connectivity index (χ2n) is 4.27. The van der Waals surface area contributed by atoms with E-state index in [1.54, 1.807) is 18.9 Å². The zero-order valence-electron chi connectivity index (χ0n) is 10.6. The summed E-state index contributed by atoms with van der Waals surface area (Å²) in [6, 6.07) is 0. The molecule has 1 saturated carbocycles. The molecule has 1 aliphatic carbocycles. The van der Waals surface area contributed by atoms with E-state index >= 15 is 0 Å². The van der Waals surface area contributed by atoms with Crippen LogP contribution in [0.1, 0.15) is 22.5 Å². The minimum Gasteiger partial charge on any atom is -0.396 e. The first-order chi connectivity index (χ1) is 8.69. The second-order valence-corrected chi connectivity index (χ2v) is 6.10. The standard InChI is InChI=1S/C12H18N2O2S2/c1-16-6-5-14-12-11(17-2)8(13)10(18-12)9(15)7-3-4-7/h7,14H,3-6,13H2,1-2H3. The molecule has 0 atom stereocenters. The predicted octanol–water partition coefficient (Wildman–Crippen LogP) is 2.70. The fraction of sp³-hybridized carbons (Fsp3) is 0.583. The highest BCUT2D eigenvalue weighted by molar-refractivity contribution is 7.99. The topological polar surface area (TPSA) is 64.3 Å². The molecular formula is C12H18N2O2S2. The number of nitrogens with two attached hydrogens (primary N) is 1. The highest BCUT2D eigenvalue weighted by atomic mass is 32.2. The number of rotatable bonds is 7. The van der Waals surface area contributed by atoms with Gasteiger partial charge in [-0.1, -0.05) is 0 Å². The highest BCUT2D eigenvalue weighted by Crippen LogP contribution is 2.45. The first-order valence-corrected chi connectivity index (χ1v) is 7.96. The predicted molar refractivity (Wildman–Crippen MR) is 77.9 cm³/mol. The number of ketones is 1. The number of Topliss-reactive ketones (excluding diaryl/α,β-unsaturated/α-hetero) is 1. The van der Waals surface area contributed by atoms with Gasteiger partial charge in [0.05, 0.1) is 22.1 Å². The molecule has 0 bridgehead atoms. The SMILES string of the molecule is COCCNc1sc(C(=O)C2CC2)c(N)c1SC. The number of thiophene rings is 1. The van der Waals surface area contributed by atoms with Gasteiger partial charge in [0.25, 0.3) is 0 Å². The van der Waals surface area contributed by atoms with Crippen LogP contribution in [0.25, 0.3) is 0 Å². The van der Waals surface area contributed by atoms with Gasteiger partial charge in [-0.15, -0.1) is 23.1 Å². The average molecular weight is 286 g/mol. The summed E-state index contributed by atoms with van der Waals surface area (Å²) in [5, 5.41) is 4.27. The average Bonchev–Trinajstić information content (AvgIpc) is 3.15. The van der Waals surface area contributed by atoms with Gasteiger partial charge in [0.15, 0.2) is 5.78 Å². The summed E-state index contributed by atoms with van der Waals surface area (Å²) < 4.78 is 5.01. The molecule has 4 nitrogen and oxygen atoms in total. The number of hydrogen-bond acceptors (Lipinski definition) is 6. The smallest absolute Gasteiger partial charge is 0.178 e. The molecule has 6 heteroatoms. The fourth-order valence-corrected chi connectivity index (χ4v) is 3.81. The van der Waals surface area contributed by atoms with Crippen molar-refractivity contribution in [2.45, 2.75) is 17.7 Å². The number of nitrogens with one attached hydrogen (secondary N) is 1. The van der Waals surface area contributed by atoms with Crippen LogP contribution in [0.5, 0.6) is 0 Å². The first-order valence-electron chi connectivity index (χ1n) is 5.92. The number of methoxy groups -OCH3 is 1. The van der Waals surface area contributed by atoms with Gasteiger partial charge in [-0.3, -0.25) is 4.79 Å². The van der Waals surface area contributed by atoms with Crippen molar-refractivity contribution in [3.05, 3.63) is 4.88 Å². The van der Waals surface area contributed by atoms with Crippen molar-refractivity contribution >= 4 is 39.6 Å². The van der Waals surface area contributed by atoms with Crippen molar-refractivity contribution in [2.24, 2.45) is 5.92 Å². The van der Waals surface area contributed by atoms with E-state index in [9.17, 15) is 4.79 Å². The molecule has 1 aromatic heterocycles. The Morgan fingerprint density at radius 2 is 2.33 bits per heavy atom. The van der Waals surface area contributed by atoms with Crippen LogP contribution >= 0.6 is 23.1 Å². The number of thioether (sulfide) groups is 1. The number of carbonyl (C=O) groups is 1. The largest absolute Gasteiger partial charge is 0.396 e. The van der Waals surface area contributed by atoms with Gasteiger partial charge >= 0.3 is 0 Å². The van der Waals surface area contributed by atoms with Crippen molar-refractivity contribution in [1.82, 2.24) is 0 Å². The molecule has 1 heterocycles. The number of hydrogen-bond donors (Lipinski definition) is 2. The number of anilines is 2. The molecular weight excluding hydrogens is 268 g/mol. The number of carbonyl (C=O) groups excluding carboxylic acids is 1. The molecule has 100 valence electrons.